The molecule has 0 heterocycles. The Morgan fingerprint density at radius 3 is 1.18 bits per heavy atom. The van der Waals surface area contributed by atoms with Gasteiger partial charge >= 0.3 is 19.8 Å². The van der Waals surface area contributed by atoms with Gasteiger partial charge in [0.1, 0.15) is 6.61 Å². The van der Waals surface area contributed by atoms with Gasteiger partial charge < -0.3 is 20.1 Å². The lowest BCUT2D eigenvalue weighted by Crippen LogP contribution is -2.29. The molecule has 0 saturated heterocycles. The summed E-state index contributed by atoms with van der Waals surface area (Å²) in [6.07, 6.45) is 67.0. The second-order valence-corrected chi connectivity index (χ2v) is 17.7. The van der Waals surface area contributed by atoms with Crippen LogP contribution in [0.2, 0.25) is 0 Å². The number of carbonyl (C=O) groups excluding carboxylic acids is 2. The van der Waals surface area contributed by atoms with Crippen molar-refractivity contribution in [2.45, 2.75) is 200 Å². The van der Waals surface area contributed by atoms with Crippen molar-refractivity contribution in [1.82, 2.24) is 0 Å². The molecule has 9 nitrogen and oxygen atoms in total. The van der Waals surface area contributed by atoms with Gasteiger partial charge in [-0.25, -0.2) is 4.57 Å². The normalized spacial score (nSPS) is 14.1. The number of esters is 2. The van der Waals surface area contributed by atoms with Gasteiger partial charge in [0.15, 0.2) is 6.10 Å². The van der Waals surface area contributed by atoms with Gasteiger partial charge in [-0.1, -0.05) is 194 Å². The molecule has 10 heteroatoms. The van der Waals surface area contributed by atoms with E-state index in [2.05, 4.69) is 123 Å². The summed E-state index contributed by atoms with van der Waals surface area (Å²) in [5.41, 5.74) is 5.36. The van der Waals surface area contributed by atoms with E-state index in [1.54, 1.807) is 0 Å². The van der Waals surface area contributed by atoms with Crippen molar-refractivity contribution >= 4 is 19.8 Å². The van der Waals surface area contributed by atoms with Crippen molar-refractivity contribution in [2.75, 3.05) is 26.4 Å². The number of hydrogen-bond acceptors (Lipinski definition) is 8. The molecule has 0 fully saturated rings. The minimum Gasteiger partial charge on any atom is -0.462 e. The van der Waals surface area contributed by atoms with Gasteiger partial charge in [-0.3, -0.25) is 18.6 Å². The van der Waals surface area contributed by atoms with Crippen LogP contribution in [0.5, 0.6) is 0 Å². The van der Waals surface area contributed by atoms with E-state index in [0.29, 0.717) is 12.8 Å². The SMILES string of the molecule is CC/C=C\C/C=C\C/C=C\C/C=C\C/C=C\CCCCCCCCCCCCCC(=O)OC(COC(=O)CCCCCC/C=C\C/C=C\C/C=C\C/C=C\CC)COP(=O)(O)OCCN. The van der Waals surface area contributed by atoms with E-state index in [-0.39, 0.29) is 32.6 Å². The summed E-state index contributed by atoms with van der Waals surface area (Å²) in [7, 11) is -4.40. The third kappa shape index (κ3) is 49.9. The largest absolute Gasteiger partial charge is 0.472 e. The zero-order chi connectivity index (χ0) is 47.4. The molecule has 65 heavy (non-hydrogen) atoms. The summed E-state index contributed by atoms with van der Waals surface area (Å²) in [5, 5.41) is 0. The monoisotopic (exact) mass is 926 g/mol. The fourth-order valence-corrected chi connectivity index (χ4v) is 7.24. The van der Waals surface area contributed by atoms with Crippen molar-refractivity contribution in [1.29, 1.82) is 0 Å². The predicted molar refractivity (Wildman–Crippen MR) is 275 cm³/mol. The Kier molecular flexibility index (Phi) is 47.5. The summed E-state index contributed by atoms with van der Waals surface area (Å²) >= 11 is 0. The Balaban J connectivity index is 4.09. The highest BCUT2D eigenvalue weighted by molar-refractivity contribution is 7.47. The lowest BCUT2D eigenvalue weighted by molar-refractivity contribution is -0.161. The topological polar surface area (TPSA) is 134 Å². The van der Waals surface area contributed by atoms with E-state index in [1.807, 2.05) is 0 Å². The molecular weight excluding hydrogens is 834 g/mol. The van der Waals surface area contributed by atoms with Gasteiger partial charge in [0.25, 0.3) is 0 Å². The van der Waals surface area contributed by atoms with Gasteiger partial charge in [-0.05, 0) is 96.3 Å². The molecule has 0 rings (SSSR count). The number of rotatable bonds is 46. The number of allylic oxidation sites excluding steroid dienone is 18. The molecule has 0 aromatic rings. The molecule has 2 atom stereocenters. The van der Waals surface area contributed by atoms with Gasteiger partial charge in [0.05, 0.1) is 13.2 Å². The lowest BCUT2D eigenvalue weighted by atomic mass is 10.0. The van der Waals surface area contributed by atoms with Crippen LogP contribution in [0, 0.1) is 0 Å². The van der Waals surface area contributed by atoms with Crippen LogP contribution in [-0.4, -0.2) is 49.3 Å². The number of nitrogens with two attached hydrogens (primary N) is 1. The molecule has 0 aliphatic rings. The van der Waals surface area contributed by atoms with Crippen LogP contribution < -0.4 is 5.73 Å². The highest BCUT2D eigenvalue weighted by Gasteiger charge is 2.26. The minimum atomic E-state index is -4.40. The van der Waals surface area contributed by atoms with Gasteiger partial charge in [-0.15, -0.1) is 0 Å². The number of phosphoric acid groups is 1. The van der Waals surface area contributed by atoms with Gasteiger partial charge in [-0.2, -0.15) is 0 Å². The van der Waals surface area contributed by atoms with E-state index >= 15 is 0 Å². The summed E-state index contributed by atoms with van der Waals surface area (Å²) < 4.78 is 32.9. The van der Waals surface area contributed by atoms with E-state index in [1.165, 1.54) is 44.9 Å². The molecule has 370 valence electrons. The molecule has 0 spiro atoms. The Morgan fingerprint density at radius 2 is 0.800 bits per heavy atom. The van der Waals surface area contributed by atoms with E-state index < -0.39 is 32.5 Å². The molecule has 0 aromatic carbocycles. The molecule has 0 radical (unpaired) electrons. The fraction of sp³-hybridized carbons (Fsp3) is 0.636. The maximum Gasteiger partial charge on any atom is 0.472 e. The fourth-order valence-electron chi connectivity index (χ4n) is 6.48. The Morgan fingerprint density at radius 1 is 0.462 bits per heavy atom. The Labute approximate surface area is 397 Å². The Bertz CT molecular complexity index is 1430. The van der Waals surface area contributed by atoms with Gasteiger partial charge in [0.2, 0.25) is 0 Å². The van der Waals surface area contributed by atoms with Crippen molar-refractivity contribution < 1.29 is 37.6 Å². The standard InChI is InChI=1S/C55H92NO8P/c1-3-5-7-9-11-13-15-17-19-21-22-23-24-25-26-27-28-29-30-32-34-36-38-40-42-44-46-48-55(58)64-53(52-63-65(59,60)62-50-49-56)51-61-54(57)47-45-43-41-39-37-35-33-31-20-18-16-14-12-10-8-6-4-2/h5-8,11-14,17-20,22-23,25-26,33,35,53H,3-4,9-10,15-16,21,24,27-32,34,36-52,56H2,1-2H3,(H,59,60)/b7-5-,8-6-,13-11-,14-12-,19-17-,20-18-,23-22-,26-25-,35-33-. The van der Waals surface area contributed by atoms with Crippen molar-refractivity contribution in [3.05, 3.63) is 109 Å². The van der Waals surface area contributed by atoms with Crippen LogP contribution in [0.1, 0.15) is 194 Å². The summed E-state index contributed by atoms with van der Waals surface area (Å²) in [5.74, 6) is -0.867. The van der Waals surface area contributed by atoms with E-state index in [9.17, 15) is 19.0 Å². The predicted octanol–water partition coefficient (Wildman–Crippen LogP) is 15.5. The Hall–Kier alpha value is -3.33. The molecule has 0 aliphatic carbocycles. The third-order valence-corrected chi connectivity index (χ3v) is 11.1. The number of ether oxygens (including phenoxy) is 2. The van der Waals surface area contributed by atoms with Crippen LogP contribution >= 0.6 is 7.82 Å². The molecule has 2 unspecified atom stereocenters. The second kappa shape index (κ2) is 50.1. The zero-order valence-electron chi connectivity index (χ0n) is 40.9. The number of hydrogen-bond donors (Lipinski definition) is 2. The molecule has 0 saturated carbocycles. The summed E-state index contributed by atoms with van der Waals surface area (Å²) in [6, 6.07) is 0. The van der Waals surface area contributed by atoms with Crippen LogP contribution in [-0.2, 0) is 32.7 Å². The van der Waals surface area contributed by atoms with Crippen molar-refractivity contribution in [3.63, 3.8) is 0 Å². The summed E-state index contributed by atoms with van der Waals surface area (Å²) in [6.45, 7) is 3.47. The quantitative estimate of drug-likeness (QED) is 0.0265. The number of carbonyl (C=O) groups is 2. The van der Waals surface area contributed by atoms with E-state index in [4.69, 9.17) is 24.3 Å². The van der Waals surface area contributed by atoms with Crippen LogP contribution in [0.3, 0.4) is 0 Å². The molecule has 0 amide bonds. The zero-order valence-corrected chi connectivity index (χ0v) is 41.8. The molecule has 3 N–H and O–H groups in total. The number of unbranched alkanes of at least 4 members (excludes halogenated alkanes) is 15. The molecular formula is C55H92NO8P. The highest BCUT2D eigenvalue weighted by Crippen LogP contribution is 2.43. The first-order valence-electron chi connectivity index (χ1n) is 25.4. The second-order valence-electron chi connectivity index (χ2n) is 16.3. The average Bonchev–Trinajstić information content (AvgIpc) is 3.30. The molecule has 0 aliphatic heterocycles. The maximum absolute atomic E-state index is 12.7. The molecule has 0 aromatic heterocycles. The van der Waals surface area contributed by atoms with Crippen molar-refractivity contribution in [3.8, 4) is 0 Å². The minimum absolute atomic E-state index is 0.0435. The smallest absolute Gasteiger partial charge is 0.462 e. The first-order valence-corrected chi connectivity index (χ1v) is 26.9. The van der Waals surface area contributed by atoms with Crippen LogP contribution in [0.25, 0.3) is 0 Å². The first kappa shape index (κ1) is 61.7. The van der Waals surface area contributed by atoms with E-state index in [0.717, 1.165) is 109 Å². The van der Waals surface area contributed by atoms with Gasteiger partial charge in [0, 0.05) is 19.4 Å². The van der Waals surface area contributed by atoms with Crippen LogP contribution in [0.15, 0.2) is 109 Å². The van der Waals surface area contributed by atoms with Crippen LogP contribution in [0.4, 0.5) is 0 Å². The number of phosphoric ester groups is 1. The first-order chi connectivity index (χ1) is 31.8. The third-order valence-electron chi connectivity index (χ3n) is 10.2. The maximum atomic E-state index is 12.7. The highest BCUT2D eigenvalue weighted by atomic mass is 31.2. The lowest BCUT2D eigenvalue weighted by Gasteiger charge is -2.19. The molecule has 0 bridgehead atoms. The average molecular weight is 926 g/mol. The summed E-state index contributed by atoms with van der Waals surface area (Å²) in [4.78, 5) is 35.0. The van der Waals surface area contributed by atoms with Crippen molar-refractivity contribution in [2.24, 2.45) is 5.73 Å².